The Morgan fingerprint density at radius 3 is 2.55 bits per heavy atom. The molecule has 6 nitrogen and oxygen atoms in total. The summed E-state index contributed by atoms with van der Waals surface area (Å²) in [5.74, 6) is -1.32. The number of methoxy groups -OCH3 is 1. The zero-order valence-electron chi connectivity index (χ0n) is 23.8. The van der Waals surface area contributed by atoms with Crippen molar-refractivity contribution in [1.29, 1.82) is 0 Å². The average Bonchev–Trinajstić information content (AvgIpc) is 2.93. The summed E-state index contributed by atoms with van der Waals surface area (Å²) in [5, 5.41) is 0. The van der Waals surface area contributed by atoms with Crippen LogP contribution < -0.4 is 4.74 Å². The van der Waals surface area contributed by atoms with Gasteiger partial charge in [-0.05, 0) is 81.0 Å². The van der Waals surface area contributed by atoms with Crippen LogP contribution in [-0.2, 0) is 25.7 Å². The Balaban J connectivity index is 1.79. The SMILES string of the molecule is COC1c2c(COC(=O)c3ccc(Br)cc3)cccc2OC/C(C)=C\C[C@]2(CC=C(C)C)C(=O)C1C(=O)C[C@@H]2C. The van der Waals surface area contributed by atoms with E-state index in [2.05, 4.69) is 28.1 Å². The summed E-state index contributed by atoms with van der Waals surface area (Å²) in [6.07, 6.45) is 4.67. The number of rotatable bonds is 6. The summed E-state index contributed by atoms with van der Waals surface area (Å²) in [6, 6.07) is 12.4. The number of Topliss-reactive ketones (excluding diaryl/α,β-unsaturated/α-hetero) is 2. The highest BCUT2D eigenvalue weighted by atomic mass is 79.9. The zero-order chi connectivity index (χ0) is 29.0. The molecule has 2 unspecified atom stereocenters. The number of carbonyl (C=O) groups is 3. The van der Waals surface area contributed by atoms with Crippen LogP contribution in [0.5, 0.6) is 5.75 Å². The fourth-order valence-corrected chi connectivity index (χ4v) is 5.97. The van der Waals surface area contributed by atoms with Crippen molar-refractivity contribution in [2.45, 2.75) is 59.7 Å². The van der Waals surface area contributed by atoms with Crippen molar-refractivity contribution in [2.75, 3.05) is 13.7 Å². The Hall–Kier alpha value is -3.03. The molecule has 0 saturated heterocycles. The third kappa shape index (κ3) is 6.16. The van der Waals surface area contributed by atoms with E-state index in [1.807, 2.05) is 45.9 Å². The Labute approximate surface area is 244 Å². The molecular weight excluding hydrogens is 572 g/mol. The summed E-state index contributed by atoms with van der Waals surface area (Å²) < 4.78 is 18.8. The molecule has 0 aromatic heterocycles. The molecule has 1 aliphatic heterocycles. The van der Waals surface area contributed by atoms with Gasteiger partial charge in [0.2, 0.25) is 0 Å². The minimum Gasteiger partial charge on any atom is -0.489 e. The van der Waals surface area contributed by atoms with Gasteiger partial charge < -0.3 is 14.2 Å². The van der Waals surface area contributed by atoms with E-state index in [0.29, 0.717) is 41.9 Å². The third-order valence-corrected chi connectivity index (χ3v) is 8.68. The first-order valence-electron chi connectivity index (χ1n) is 13.6. The van der Waals surface area contributed by atoms with Gasteiger partial charge in [-0.2, -0.15) is 0 Å². The largest absolute Gasteiger partial charge is 0.489 e. The molecule has 1 saturated carbocycles. The Bertz CT molecular complexity index is 1340. The highest BCUT2D eigenvalue weighted by molar-refractivity contribution is 9.10. The van der Waals surface area contributed by atoms with Crippen LogP contribution in [0.1, 0.15) is 74.5 Å². The maximum absolute atomic E-state index is 14.5. The van der Waals surface area contributed by atoms with Crippen molar-refractivity contribution in [1.82, 2.24) is 0 Å². The van der Waals surface area contributed by atoms with Crippen LogP contribution in [0, 0.1) is 17.3 Å². The van der Waals surface area contributed by atoms with Gasteiger partial charge in [0.05, 0.1) is 5.56 Å². The first-order valence-corrected chi connectivity index (χ1v) is 14.4. The van der Waals surface area contributed by atoms with E-state index in [1.54, 1.807) is 24.3 Å². The van der Waals surface area contributed by atoms with E-state index in [0.717, 1.165) is 15.6 Å². The minimum absolute atomic E-state index is 0.0650. The molecule has 0 spiro atoms. The molecule has 4 rings (SSSR count). The van der Waals surface area contributed by atoms with Crippen LogP contribution in [0.25, 0.3) is 0 Å². The predicted octanol–water partition coefficient (Wildman–Crippen LogP) is 7.36. The summed E-state index contributed by atoms with van der Waals surface area (Å²) in [6.45, 7) is 8.30. The van der Waals surface area contributed by atoms with Gasteiger partial charge in [-0.1, -0.05) is 52.7 Å². The molecule has 1 heterocycles. The zero-order valence-corrected chi connectivity index (χ0v) is 25.4. The normalized spacial score (nSPS) is 25.9. The van der Waals surface area contributed by atoms with Crippen LogP contribution in [0.4, 0.5) is 0 Å². The summed E-state index contributed by atoms with van der Waals surface area (Å²) >= 11 is 3.37. The molecule has 2 aliphatic rings. The highest BCUT2D eigenvalue weighted by Gasteiger charge is 2.54. The fourth-order valence-electron chi connectivity index (χ4n) is 5.71. The van der Waals surface area contributed by atoms with E-state index in [4.69, 9.17) is 14.2 Å². The van der Waals surface area contributed by atoms with E-state index < -0.39 is 23.4 Å². The fraction of sp³-hybridized carbons (Fsp3) is 0.424. The number of ketones is 2. The van der Waals surface area contributed by atoms with Gasteiger partial charge in [0.1, 0.15) is 36.8 Å². The van der Waals surface area contributed by atoms with Gasteiger partial charge in [0.15, 0.2) is 5.78 Å². The molecule has 0 amide bonds. The van der Waals surface area contributed by atoms with Gasteiger partial charge in [-0.15, -0.1) is 0 Å². The minimum atomic E-state index is -0.996. The highest BCUT2D eigenvalue weighted by Crippen LogP contribution is 2.51. The number of hydrogen-bond donors (Lipinski definition) is 0. The molecule has 1 aliphatic carbocycles. The predicted molar refractivity (Wildman–Crippen MR) is 157 cm³/mol. The van der Waals surface area contributed by atoms with Gasteiger partial charge >= 0.3 is 5.97 Å². The second kappa shape index (κ2) is 12.6. The molecule has 2 bridgehead atoms. The smallest absolute Gasteiger partial charge is 0.338 e. The van der Waals surface area contributed by atoms with Crippen LogP contribution >= 0.6 is 15.9 Å². The average molecular weight is 610 g/mol. The van der Waals surface area contributed by atoms with E-state index in [1.165, 1.54) is 7.11 Å². The van der Waals surface area contributed by atoms with E-state index in [-0.39, 0.29) is 30.5 Å². The molecule has 2 aromatic rings. The van der Waals surface area contributed by atoms with Gasteiger partial charge in [0.25, 0.3) is 0 Å². The Morgan fingerprint density at radius 1 is 1.15 bits per heavy atom. The molecule has 212 valence electrons. The number of ether oxygens (including phenoxy) is 3. The first-order chi connectivity index (χ1) is 19.1. The van der Waals surface area contributed by atoms with E-state index in [9.17, 15) is 14.4 Å². The molecule has 0 radical (unpaired) electrons. The van der Waals surface area contributed by atoms with Crippen molar-refractivity contribution in [2.24, 2.45) is 17.3 Å². The van der Waals surface area contributed by atoms with Gasteiger partial charge in [0, 0.05) is 29.0 Å². The lowest BCUT2D eigenvalue weighted by molar-refractivity contribution is -0.154. The van der Waals surface area contributed by atoms with Crippen molar-refractivity contribution < 1.29 is 28.6 Å². The molecular formula is C33H37BrO6. The molecule has 7 heteroatoms. The standard InChI is InChI=1S/C33H37BrO6/c1-20(2)13-15-33-16-14-21(3)18-39-27-8-6-7-24(19-40-32(37)23-9-11-25(34)12-10-23)28(27)30(38-5)29(31(33)36)26(35)17-22(33)4/h6-14,22,29-30H,15-19H2,1-5H3/b21-14-/t22-,29?,30?,33-/m0/s1. The Kier molecular flexibility index (Phi) is 9.47. The Morgan fingerprint density at radius 2 is 1.88 bits per heavy atom. The van der Waals surface area contributed by atoms with Crippen LogP contribution in [0.3, 0.4) is 0 Å². The molecule has 2 aromatic carbocycles. The first kappa shape index (κ1) is 29.9. The third-order valence-electron chi connectivity index (χ3n) is 8.15. The maximum Gasteiger partial charge on any atom is 0.338 e. The molecule has 40 heavy (non-hydrogen) atoms. The number of benzene rings is 2. The van der Waals surface area contributed by atoms with Crippen molar-refractivity contribution in [3.05, 3.63) is 86.9 Å². The van der Waals surface area contributed by atoms with Crippen LogP contribution in [0.15, 0.2) is 70.2 Å². The summed E-state index contributed by atoms with van der Waals surface area (Å²) in [7, 11) is 1.51. The molecule has 1 fully saturated rings. The quantitative estimate of drug-likeness (QED) is 0.194. The molecule has 4 atom stereocenters. The number of hydrogen-bond acceptors (Lipinski definition) is 6. The van der Waals surface area contributed by atoms with Crippen LogP contribution in [-0.4, -0.2) is 31.3 Å². The number of esters is 1. The maximum atomic E-state index is 14.5. The number of carbonyl (C=O) groups excluding carboxylic acids is 3. The lowest BCUT2D eigenvalue weighted by atomic mass is 9.57. The monoisotopic (exact) mass is 608 g/mol. The van der Waals surface area contributed by atoms with E-state index >= 15 is 0 Å². The van der Waals surface area contributed by atoms with Crippen molar-refractivity contribution in [3.8, 4) is 5.75 Å². The lowest BCUT2D eigenvalue weighted by Gasteiger charge is -2.44. The topological polar surface area (TPSA) is 78.9 Å². The lowest BCUT2D eigenvalue weighted by Crippen LogP contribution is -2.51. The number of halogens is 1. The second-order valence-electron chi connectivity index (χ2n) is 11.2. The number of fused-ring (bicyclic) bond motifs is 3. The van der Waals surface area contributed by atoms with Gasteiger partial charge in [-0.25, -0.2) is 4.79 Å². The summed E-state index contributed by atoms with van der Waals surface area (Å²) in [4.78, 5) is 40.9. The molecule has 0 N–H and O–H groups in total. The van der Waals surface area contributed by atoms with Crippen LogP contribution in [0.2, 0.25) is 0 Å². The summed E-state index contributed by atoms with van der Waals surface area (Å²) in [5.41, 5.74) is 3.01. The van der Waals surface area contributed by atoms with Crippen molar-refractivity contribution >= 4 is 33.5 Å². The van der Waals surface area contributed by atoms with Gasteiger partial charge in [-0.3, -0.25) is 9.59 Å². The second-order valence-corrected chi connectivity index (χ2v) is 12.1. The number of allylic oxidation sites excluding steroid dienone is 3. The van der Waals surface area contributed by atoms with Crippen molar-refractivity contribution in [3.63, 3.8) is 0 Å².